The first-order chi connectivity index (χ1) is 14.3. The molecule has 5 nitrogen and oxygen atoms in total. The largest absolute Gasteiger partial charge is 0.326 e. The van der Waals surface area contributed by atoms with Crippen molar-refractivity contribution in [3.63, 3.8) is 0 Å². The van der Waals surface area contributed by atoms with Crippen LogP contribution in [0.25, 0.3) is 22.2 Å². The molecular weight excluding hydrogens is 441 g/mol. The number of aromatic nitrogens is 2. The van der Waals surface area contributed by atoms with Crippen molar-refractivity contribution in [2.75, 3.05) is 4.72 Å². The predicted octanol–water partition coefficient (Wildman–Crippen LogP) is 5.93. The van der Waals surface area contributed by atoms with Crippen molar-refractivity contribution < 1.29 is 0 Å². The maximum absolute atomic E-state index is 11.6. The molecule has 0 atom stereocenters. The van der Waals surface area contributed by atoms with Crippen LogP contribution in [0.15, 0.2) is 63.0 Å². The Morgan fingerprint density at radius 1 is 0.800 bits per heavy atom. The van der Waals surface area contributed by atoms with E-state index in [9.17, 15) is 9.59 Å². The highest BCUT2D eigenvalue weighted by Crippen LogP contribution is 2.34. The lowest BCUT2D eigenvalue weighted by Gasteiger charge is -2.12. The Kier molecular flexibility index (Phi) is 5.64. The van der Waals surface area contributed by atoms with Crippen LogP contribution in [0.3, 0.4) is 0 Å². The quantitative estimate of drug-likeness (QED) is 0.262. The molecule has 0 unspecified atom stereocenters. The van der Waals surface area contributed by atoms with Gasteiger partial charge < -0.3 is 14.7 Å². The van der Waals surface area contributed by atoms with Crippen LogP contribution in [0.2, 0.25) is 10.0 Å². The molecule has 1 heterocycles. The molecule has 8 heteroatoms. The Labute approximate surface area is 186 Å². The monoisotopic (exact) mass is 457 g/mol. The van der Waals surface area contributed by atoms with Crippen molar-refractivity contribution in [1.82, 2.24) is 9.97 Å². The van der Waals surface area contributed by atoms with Gasteiger partial charge in [-0.3, -0.25) is 9.59 Å². The predicted molar refractivity (Wildman–Crippen MR) is 126 cm³/mol. The van der Waals surface area contributed by atoms with E-state index >= 15 is 0 Å². The molecule has 0 aliphatic carbocycles. The lowest BCUT2D eigenvalue weighted by atomic mass is 10.0. The zero-order chi connectivity index (χ0) is 21.4. The van der Waals surface area contributed by atoms with Gasteiger partial charge in [0, 0.05) is 21.2 Å². The molecule has 0 saturated heterocycles. The molecule has 4 rings (SSSR count). The molecule has 3 N–H and O–H groups in total. The van der Waals surface area contributed by atoms with E-state index < -0.39 is 11.1 Å². The van der Waals surface area contributed by atoms with E-state index in [0.29, 0.717) is 21.1 Å². The summed E-state index contributed by atoms with van der Waals surface area (Å²) in [5.41, 5.74) is 4.49. The summed E-state index contributed by atoms with van der Waals surface area (Å²) in [5, 5.41) is 1.31. The van der Waals surface area contributed by atoms with E-state index in [2.05, 4.69) is 14.7 Å². The molecule has 30 heavy (non-hydrogen) atoms. The van der Waals surface area contributed by atoms with E-state index in [0.717, 1.165) is 32.8 Å². The van der Waals surface area contributed by atoms with Gasteiger partial charge in [0.25, 0.3) is 0 Å². The fraction of sp³-hybridized carbons (Fsp3) is 0.0909. The van der Waals surface area contributed by atoms with Gasteiger partial charge in [-0.1, -0.05) is 41.4 Å². The Hall–Kier alpha value is -2.67. The number of aryl methyl sites for hydroxylation is 2. The van der Waals surface area contributed by atoms with Gasteiger partial charge in [0.2, 0.25) is 0 Å². The normalized spacial score (nSPS) is 11.1. The molecule has 0 saturated carbocycles. The zero-order valence-electron chi connectivity index (χ0n) is 16.1. The molecule has 0 spiro atoms. The fourth-order valence-electron chi connectivity index (χ4n) is 3.05. The van der Waals surface area contributed by atoms with Crippen molar-refractivity contribution in [3.05, 3.63) is 90.4 Å². The summed E-state index contributed by atoms with van der Waals surface area (Å²) in [6, 6.07) is 15.3. The van der Waals surface area contributed by atoms with Crippen LogP contribution in [-0.4, -0.2) is 9.97 Å². The van der Waals surface area contributed by atoms with Gasteiger partial charge in [-0.2, -0.15) is 0 Å². The maximum atomic E-state index is 11.6. The summed E-state index contributed by atoms with van der Waals surface area (Å²) in [6.07, 6.45) is 0. The first-order valence-electron chi connectivity index (χ1n) is 9.08. The molecular formula is C22H17Cl2N3O2S. The highest BCUT2D eigenvalue weighted by atomic mass is 35.5. The van der Waals surface area contributed by atoms with E-state index in [4.69, 9.17) is 23.2 Å². The first kappa shape index (κ1) is 20.6. The van der Waals surface area contributed by atoms with Crippen LogP contribution in [0, 0.1) is 13.8 Å². The Morgan fingerprint density at radius 3 is 2.17 bits per heavy atom. The van der Waals surface area contributed by atoms with E-state index in [-0.39, 0.29) is 0 Å². The lowest BCUT2D eigenvalue weighted by molar-refractivity contribution is 1.13. The Bertz CT molecular complexity index is 1400. The molecule has 152 valence electrons. The number of hydrogen-bond acceptors (Lipinski definition) is 4. The zero-order valence-corrected chi connectivity index (χ0v) is 18.4. The third kappa shape index (κ3) is 4.12. The van der Waals surface area contributed by atoms with Crippen LogP contribution in [-0.2, 0) is 0 Å². The van der Waals surface area contributed by atoms with E-state index in [1.54, 1.807) is 0 Å². The summed E-state index contributed by atoms with van der Waals surface area (Å²) in [4.78, 5) is 29.2. The van der Waals surface area contributed by atoms with Crippen LogP contribution < -0.4 is 15.8 Å². The van der Waals surface area contributed by atoms with Gasteiger partial charge in [-0.15, -0.1) is 0 Å². The number of benzene rings is 3. The van der Waals surface area contributed by atoms with Crippen LogP contribution >= 0.6 is 35.1 Å². The summed E-state index contributed by atoms with van der Waals surface area (Å²) < 4.78 is 3.27. The number of hydrogen-bond donors (Lipinski definition) is 3. The number of fused-ring (bicyclic) bond motifs is 1. The number of anilines is 1. The number of aromatic amines is 2. The van der Waals surface area contributed by atoms with E-state index in [1.165, 1.54) is 11.9 Å². The van der Waals surface area contributed by atoms with Crippen molar-refractivity contribution in [2.45, 2.75) is 18.7 Å². The number of halogens is 2. The summed E-state index contributed by atoms with van der Waals surface area (Å²) in [7, 11) is 0. The highest BCUT2D eigenvalue weighted by Gasteiger charge is 2.09. The molecule has 0 radical (unpaired) electrons. The lowest BCUT2D eigenvalue weighted by Crippen LogP contribution is -2.28. The van der Waals surface area contributed by atoms with Gasteiger partial charge in [0.15, 0.2) is 0 Å². The SMILES string of the molecule is Cc1ccc(-c2ccc(NSc3cc4[nH]c(=O)c(=O)[nH]c4cc3C)cc2Cl)cc1Cl. The third-order valence-electron chi connectivity index (χ3n) is 4.75. The molecule has 3 aromatic carbocycles. The van der Waals surface area contributed by atoms with Gasteiger partial charge >= 0.3 is 11.1 Å². The Morgan fingerprint density at radius 2 is 1.50 bits per heavy atom. The standard InChI is InChI=1S/C22H17Cl2N3O2S/c1-11-3-4-13(8-16(11)23)15-6-5-14(9-17(15)24)27-30-20-10-19-18(7-12(20)2)25-21(28)22(29)26-19/h3-10,27H,1-2H3,(H,25,28)(H,26,29). The van der Waals surface area contributed by atoms with Crippen LogP contribution in [0.1, 0.15) is 11.1 Å². The molecule has 0 aliphatic heterocycles. The summed E-state index contributed by atoms with van der Waals surface area (Å²) >= 11 is 14.1. The summed E-state index contributed by atoms with van der Waals surface area (Å²) in [6.45, 7) is 3.89. The minimum absolute atomic E-state index is 0.569. The third-order valence-corrected chi connectivity index (χ3v) is 6.47. The molecule has 4 aromatic rings. The van der Waals surface area contributed by atoms with Crippen LogP contribution in [0.5, 0.6) is 0 Å². The molecule has 0 fully saturated rings. The van der Waals surface area contributed by atoms with Gasteiger partial charge in [-0.05, 0) is 72.8 Å². The summed E-state index contributed by atoms with van der Waals surface area (Å²) in [5.74, 6) is 0. The van der Waals surface area contributed by atoms with E-state index in [1.807, 2.05) is 62.4 Å². The number of rotatable bonds is 4. The molecule has 0 amide bonds. The van der Waals surface area contributed by atoms with Gasteiger partial charge in [0.1, 0.15) is 0 Å². The average molecular weight is 458 g/mol. The average Bonchev–Trinajstić information content (AvgIpc) is 2.70. The fourth-order valence-corrected chi connectivity index (χ4v) is 4.27. The highest BCUT2D eigenvalue weighted by molar-refractivity contribution is 8.00. The van der Waals surface area contributed by atoms with Crippen molar-refractivity contribution in [1.29, 1.82) is 0 Å². The number of H-pyrrole nitrogens is 2. The second kappa shape index (κ2) is 8.22. The Balaban J connectivity index is 1.58. The van der Waals surface area contributed by atoms with Gasteiger partial charge in [-0.25, -0.2) is 0 Å². The topological polar surface area (TPSA) is 77.8 Å². The smallest absolute Gasteiger partial charge is 0.314 e. The van der Waals surface area contributed by atoms with Crippen molar-refractivity contribution in [3.8, 4) is 11.1 Å². The second-order valence-corrected chi connectivity index (χ2v) is 8.60. The molecule has 0 aliphatic rings. The van der Waals surface area contributed by atoms with Gasteiger partial charge in [0.05, 0.1) is 16.1 Å². The minimum atomic E-state index is -0.672. The molecule has 1 aromatic heterocycles. The maximum Gasteiger partial charge on any atom is 0.314 e. The first-order valence-corrected chi connectivity index (χ1v) is 10.6. The molecule has 0 bridgehead atoms. The van der Waals surface area contributed by atoms with Crippen LogP contribution in [0.4, 0.5) is 5.69 Å². The van der Waals surface area contributed by atoms with Crippen molar-refractivity contribution in [2.24, 2.45) is 0 Å². The second-order valence-electron chi connectivity index (χ2n) is 6.93. The minimum Gasteiger partial charge on any atom is -0.326 e. The van der Waals surface area contributed by atoms with Crippen molar-refractivity contribution >= 4 is 51.9 Å². The number of nitrogens with one attached hydrogen (secondary N) is 3.